The molecule has 2 rings (SSSR count). The molecule has 2 aromatic rings. The van der Waals surface area contributed by atoms with Crippen molar-refractivity contribution in [2.24, 2.45) is 0 Å². The Labute approximate surface area is 79.4 Å². The molecule has 0 unspecified atom stereocenters. The Morgan fingerprint density at radius 1 is 1.46 bits per heavy atom. The second-order valence-electron chi connectivity index (χ2n) is 2.80. The lowest BCUT2D eigenvalue weighted by Gasteiger charge is -2.00. The van der Waals surface area contributed by atoms with Crippen molar-refractivity contribution >= 4 is 22.4 Å². The first-order valence-corrected chi connectivity index (χ1v) is 4.21. The van der Waals surface area contributed by atoms with Crippen LogP contribution in [0.3, 0.4) is 0 Å². The molecule has 0 saturated carbocycles. The van der Waals surface area contributed by atoms with Crippen molar-refractivity contribution in [2.75, 3.05) is 0 Å². The van der Waals surface area contributed by atoms with Crippen molar-refractivity contribution in [3.63, 3.8) is 0 Å². The van der Waals surface area contributed by atoms with Crippen molar-refractivity contribution in [3.05, 3.63) is 39.3 Å². The first-order valence-electron chi connectivity index (χ1n) is 3.83. The van der Waals surface area contributed by atoms with Crippen LogP contribution < -0.4 is 5.56 Å². The molecule has 0 aliphatic rings. The number of aromatic nitrogens is 2. The summed E-state index contributed by atoms with van der Waals surface area (Å²) in [4.78, 5) is 11.3. The summed E-state index contributed by atoms with van der Waals surface area (Å²) in [7, 11) is 0. The van der Waals surface area contributed by atoms with Crippen LogP contribution in [0.1, 0.15) is 5.69 Å². The van der Waals surface area contributed by atoms with Crippen molar-refractivity contribution in [2.45, 2.75) is 6.92 Å². The fraction of sp³-hybridized carbons (Fsp3) is 0.111. The monoisotopic (exact) mass is 194 g/mol. The van der Waals surface area contributed by atoms with Gasteiger partial charge >= 0.3 is 0 Å². The van der Waals surface area contributed by atoms with Crippen LogP contribution in [-0.4, -0.2) is 10.2 Å². The van der Waals surface area contributed by atoms with Gasteiger partial charge in [0.25, 0.3) is 5.56 Å². The highest BCUT2D eigenvalue weighted by Gasteiger charge is 2.05. The Morgan fingerprint density at radius 2 is 2.23 bits per heavy atom. The molecule has 0 radical (unpaired) electrons. The molecule has 0 aliphatic heterocycles. The van der Waals surface area contributed by atoms with Gasteiger partial charge in [-0.1, -0.05) is 23.7 Å². The molecule has 1 aromatic heterocycles. The zero-order valence-corrected chi connectivity index (χ0v) is 7.72. The van der Waals surface area contributed by atoms with E-state index in [0.29, 0.717) is 10.4 Å². The minimum atomic E-state index is -0.244. The van der Waals surface area contributed by atoms with Gasteiger partial charge in [0, 0.05) is 5.39 Å². The standard InChI is InChI=1S/C9H7ClN2O/c1-5-6-3-2-4-7(10)8(6)9(13)12-11-5/h2-4H,1H3,(H,12,13). The first kappa shape index (κ1) is 8.26. The molecule has 0 aliphatic carbocycles. The van der Waals surface area contributed by atoms with Crippen LogP contribution in [-0.2, 0) is 0 Å². The van der Waals surface area contributed by atoms with Crippen LogP contribution in [0.4, 0.5) is 0 Å². The molecule has 0 fully saturated rings. The van der Waals surface area contributed by atoms with E-state index in [-0.39, 0.29) is 5.56 Å². The molecule has 0 spiro atoms. The number of fused-ring (bicyclic) bond motifs is 1. The number of nitrogens with zero attached hydrogens (tertiary/aromatic N) is 1. The van der Waals surface area contributed by atoms with E-state index < -0.39 is 0 Å². The lowest BCUT2D eigenvalue weighted by Crippen LogP contribution is -2.09. The highest BCUT2D eigenvalue weighted by Crippen LogP contribution is 2.20. The van der Waals surface area contributed by atoms with E-state index in [2.05, 4.69) is 10.2 Å². The Hall–Kier alpha value is -1.35. The van der Waals surface area contributed by atoms with Gasteiger partial charge in [-0.25, -0.2) is 5.10 Å². The maximum Gasteiger partial charge on any atom is 0.273 e. The molecule has 1 aromatic carbocycles. The van der Waals surface area contributed by atoms with Gasteiger partial charge in [0.05, 0.1) is 16.1 Å². The Bertz CT molecular complexity index is 518. The third-order valence-electron chi connectivity index (χ3n) is 1.96. The molecule has 1 heterocycles. The summed E-state index contributed by atoms with van der Waals surface area (Å²) in [5.74, 6) is 0. The number of nitrogens with one attached hydrogen (secondary N) is 1. The van der Waals surface area contributed by atoms with Crippen LogP contribution in [0, 0.1) is 6.92 Å². The first-order chi connectivity index (χ1) is 6.20. The van der Waals surface area contributed by atoms with Crippen LogP contribution >= 0.6 is 11.6 Å². The molecular weight excluding hydrogens is 188 g/mol. The smallest absolute Gasteiger partial charge is 0.267 e. The van der Waals surface area contributed by atoms with Gasteiger partial charge in [0.15, 0.2) is 0 Å². The fourth-order valence-electron chi connectivity index (χ4n) is 1.31. The van der Waals surface area contributed by atoms with Crippen LogP contribution in [0.15, 0.2) is 23.0 Å². The average molecular weight is 195 g/mol. The van der Waals surface area contributed by atoms with Crippen LogP contribution in [0.2, 0.25) is 5.02 Å². The summed E-state index contributed by atoms with van der Waals surface area (Å²) in [5, 5.41) is 8.02. The lowest BCUT2D eigenvalue weighted by atomic mass is 10.1. The number of aromatic amines is 1. The van der Waals surface area contributed by atoms with Gasteiger partial charge in [0.1, 0.15) is 0 Å². The highest BCUT2D eigenvalue weighted by molar-refractivity contribution is 6.35. The van der Waals surface area contributed by atoms with Crippen molar-refractivity contribution in [1.29, 1.82) is 0 Å². The van der Waals surface area contributed by atoms with E-state index in [4.69, 9.17) is 11.6 Å². The highest BCUT2D eigenvalue weighted by atomic mass is 35.5. The molecule has 0 atom stereocenters. The van der Waals surface area contributed by atoms with Gasteiger partial charge in [-0.2, -0.15) is 5.10 Å². The maximum atomic E-state index is 11.3. The minimum absolute atomic E-state index is 0.244. The molecule has 1 N–H and O–H groups in total. The number of aryl methyl sites for hydroxylation is 1. The SMILES string of the molecule is Cc1n[nH]c(=O)c2c(Cl)cccc12. The van der Waals surface area contributed by atoms with Crippen molar-refractivity contribution in [1.82, 2.24) is 10.2 Å². The van der Waals surface area contributed by atoms with Crippen molar-refractivity contribution in [3.8, 4) is 0 Å². The van der Waals surface area contributed by atoms with E-state index >= 15 is 0 Å². The Morgan fingerprint density at radius 3 is 2.92 bits per heavy atom. The van der Waals surface area contributed by atoms with E-state index in [0.717, 1.165) is 11.1 Å². The molecule has 13 heavy (non-hydrogen) atoms. The summed E-state index contributed by atoms with van der Waals surface area (Å²) in [6, 6.07) is 5.33. The molecule has 0 bridgehead atoms. The summed E-state index contributed by atoms with van der Waals surface area (Å²) in [6.07, 6.45) is 0. The van der Waals surface area contributed by atoms with Gasteiger partial charge in [0.2, 0.25) is 0 Å². The quantitative estimate of drug-likeness (QED) is 0.696. The number of benzene rings is 1. The number of rotatable bonds is 0. The second-order valence-corrected chi connectivity index (χ2v) is 3.21. The molecule has 3 nitrogen and oxygen atoms in total. The maximum absolute atomic E-state index is 11.3. The van der Waals surface area contributed by atoms with Gasteiger partial charge < -0.3 is 0 Å². The summed E-state index contributed by atoms with van der Waals surface area (Å²) in [5.41, 5.74) is 0.531. The predicted molar refractivity (Wildman–Crippen MR) is 52.1 cm³/mol. The van der Waals surface area contributed by atoms with Gasteiger partial charge in [-0.3, -0.25) is 4.79 Å². The molecule has 0 amide bonds. The number of hydrogen-bond donors (Lipinski definition) is 1. The number of halogens is 1. The van der Waals surface area contributed by atoms with Crippen LogP contribution in [0.5, 0.6) is 0 Å². The zero-order valence-electron chi connectivity index (χ0n) is 6.97. The molecule has 4 heteroatoms. The van der Waals surface area contributed by atoms with Gasteiger partial charge in [-0.15, -0.1) is 0 Å². The average Bonchev–Trinajstić information content (AvgIpc) is 2.12. The second kappa shape index (κ2) is 2.85. The van der Waals surface area contributed by atoms with E-state index in [1.54, 1.807) is 12.1 Å². The Kier molecular flexibility index (Phi) is 1.81. The van der Waals surface area contributed by atoms with Gasteiger partial charge in [-0.05, 0) is 13.0 Å². The third-order valence-corrected chi connectivity index (χ3v) is 2.27. The van der Waals surface area contributed by atoms with E-state index in [9.17, 15) is 4.79 Å². The fourth-order valence-corrected chi connectivity index (χ4v) is 1.57. The zero-order chi connectivity index (χ0) is 9.42. The predicted octanol–water partition coefficient (Wildman–Crippen LogP) is 1.88. The minimum Gasteiger partial charge on any atom is -0.267 e. The normalized spacial score (nSPS) is 10.6. The number of H-pyrrole nitrogens is 1. The largest absolute Gasteiger partial charge is 0.273 e. The molecule has 66 valence electrons. The Balaban J connectivity index is 3.09. The molecular formula is C9H7ClN2O. The van der Waals surface area contributed by atoms with Crippen molar-refractivity contribution < 1.29 is 0 Å². The summed E-state index contributed by atoms with van der Waals surface area (Å²) >= 11 is 5.89. The summed E-state index contributed by atoms with van der Waals surface area (Å²) < 4.78 is 0. The van der Waals surface area contributed by atoms with Crippen LogP contribution in [0.25, 0.3) is 10.8 Å². The number of hydrogen-bond acceptors (Lipinski definition) is 2. The van der Waals surface area contributed by atoms with E-state index in [1.165, 1.54) is 0 Å². The lowest BCUT2D eigenvalue weighted by molar-refractivity contribution is 0.970. The summed E-state index contributed by atoms with van der Waals surface area (Å²) in [6.45, 7) is 1.83. The third kappa shape index (κ3) is 1.21. The van der Waals surface area contributed by atoms with E-state index in [1.807, 2.05) is 13.0 Å². The topological polar surface area (TPSA) is 45.8 Å². The molecule has 0 saturated heterocycles.